The molecule has 9 nitrogen and oxygen atoms in total. The van der Waals surface area contributed by atoms with E-state index in [9.17, 15) is 22.8 Å². The number of ether oxygens (including phenoxy) is 2. The standard InChI is InChI=1S/C24H30F3N5O4/c1-15(2)36-21(33)11-17-9-16-3-4-20(10-18(16)12-31(22(17)34)14-24(25,26)27)35-8-5-19-13-32-23(30-19)28-6-7-29-32/h3-4,10,13,15,17,29H,5-9,11-12,14H2,1-2H3,(H,28,30). The van der Waals surface area contributed by atoms with Crippen LogP contribution >= 0.6 is 0 Å². The van der Waals surface area contributed by atoms with Crippen molar-refractivity contribution in [1.82, 2.24) is 14.6 Å². The molecule has 0 saturated heterocycles. The van der Waals surface area contributed by atoms with Crippen molar-refractivity contribution in [2.45, 2.75) is 51.9 Å². The van der Waals surface area contributed by atoms with E-state index in [0.717, 1.165) is 29.6 Å². The highest BCUT2D eigenvalue weighted by Crippen LogP contribution is 2.30. The zero-order chi connectivity index (χ0) is 25.9. The van der Waals surface area contributed by atoms with Crippen LogP contribution < -0.4 is 15.5 Å². The first kappa shape index (κ1) is 25.6. The Morgan fingerprint density at radius 1 is 1.25 bits per heavy atom. The predicted octanol–water partition coefficient (Wildman–Crippen LogP) is 2.88. The van der Waals surface area contributed by atoms with Gasteiger partial charge in [-0.05, 0) is 43.5 Å². The molecule has 0 fully saturated rings. The number of imidazole rings is 1. The Balaban J connectivity index is 1.46. The van der Waals surface area contributed by atoms with E-state index < -0.39 is 30.5 Å². The molecule has 1 aromatic heterocycles. The number of hydrogen-bond acceptors (Lipinski definition) is 7. The zero-order valence-electron chi connectivity index (χ0n) is 20.2. The molecular formula is C24H30F3N5O4. The van der Waals surface area contributed by atoms with Crippen molar-refractivity contribution in [2.24, 2.45) is 5.92 Å². The molecule has 2 aromatic rings. The molecule has 196 valence electrons. The van der Waals surface area contributed by atoms with Crippen molar-refractivity contribution in [3.05, 3.63) is 41.2 Å². The van der Waals surface area contributed by atoms with Gasteiger partial charge in [-0.3, -0.25) is 9.59 Å². The summed E-state index contributed by atoms with van der Waals surface area (Å²) in [6.45, 7) is 3.65. The van der Waals surface area contributed by atoms with Crippen LogP contribution in [0.3, 0.4) is 0 Å². The van der Waals surface area contributed by atoms with Crippen LogP contribution in [0.5, 0.6) is 5.75 Å². The molecule has 1 amide bonds. The fourth-order valence-corrected chi connectivity index (χ4v) is 4.37. The summed E-state index contributed by atoms with van der Waals surface area (Å²) in [5, 5.41) is 3.19. The highest BCUT2D eigenvalue weighted by molar-refractivity contribution is 5.84. The average molecular weight is 510 g/mol. The largest absolute Gasteiger partial charge is 0.493 e. The lowest BCUT2D eigenvalue weighted by Gasteiger charge is -2.25. The summed E-state index contributed by atoms with van der Waals surface area (Å²) in [5.41, 5.74) is 5.30. The van der Waals surface area contributed by atoms with Gasteiger partial charge in [0.15, 0.2) is 0 Å². The van der Waals surface area contributed by atoms with Gasteiger partial charge in [0.1, 0.15) is 12.3 Å². The van der Waals surface area contributed by atoms with Crippen LogP contribution in [-0.2, 0) is 33.7 Å². The van der Waals surface area contributed by atoms with Crippen molar-refractivity contribution < 1.29 is 32.2 Å². The van der Waals surface area contributed by atoms with E-state index in [1.54, 1.807) is 32.0 Å². The van der Waals surface area contributed by atoms with Gasteiger partial charge in [0.25, 0.3) is 0 Å². The third kappa shape index (κ3) is 6.61. The Bertz CT molecular complexity index is 1080. The second-order valence-electron chi connectivity index (χ2n) is 9.24. The minimum atomic E-state index is -4.56. The summed E-state index contributed by atoms with van der Waals surface area (Å²) < 4.78 is 52.6. The van der Waals surface area contributed by atoms with E-state index in [1.807, 2.05) is 10.9 Å². The normalized spacial score (nSPS) is 17.6. The van der Waals surface area contributed by atoms with Gasteiger partial charge in [0, 0.05) is 26.1 Å². The van der Waals surface area contributed by atoms with Crippen molar-refractivity contribution in [1.29, 1.82) is 0 Å². The van der Waals surface area contributed by atoms with E-state index in [4.69, 9.17) is 9.47 Å². The Morgan fingerprint density at radius 2 is 2.06 bits per heavy atom. The number of nitrogens with zero attached hydrogens (tertiary/aromatic N) is 3. The number of amides is 1. The van der Waals surface area contributed by atoms with Gasteiger partial charge in [-0.2, -0.15) is 13.2 Å². The maximum Gasteiger partial charge on any atom is 0.406 e. The van der Waals surface area contributed by atoms with Crippen LogP contribution in [0.1, 0.15) is 37.1 Å². The molecule has 0 radical (unpaired) electrons. The zero-order valence-corrected chi connectivity index (χ0v) is 20.2. The average Bonchev–Trinajstić information content (AvgIpc) is 3.15. The smallest absolute Gasteiger partial charge is 0.406 e. The third-order valence-corrected chi connectivity index (χ3v) is 5.89. The maximum atomic E-state index is 13.2. The van der Waals surface area contributed by atoms with Crippen molar-refractivity contribution in [3.8, 4) is 5.75 Å². The Labute approximate surface area is 206 Å². The van der Waals surface area contributed by atoms with Crippen LogP contribution in [-0.4, -0.2) is 65.0 Å². The summed E-state index contributed by atoms with van der Waals surface area (Å²) in [6.07, 6.45) is -2.65. The lowest BCUT2D eigenvalue weighted by molar-refractivity contribution is -0.166. The molecule has 2 aliphatic rings. The maximum absolute atomic E-state index is 13.2. The van der Waals surface area contributed by atoms with Gasteiger partial charge in [-0.15, -0.1) is 0 Å². The molecule has 2 N–H and O–H groups in total. The van der Waals surface area contributed by atoms with Crippen LogP contribution in [0.25, 0.3) is 0 Å². The minimum Gasteiger partial charge on any atom is -0.493 e. The fourth-order valence-electron chi connectivity index (χ4n) is 4.37. The number of anilines is 1. The lowest BCUT2D eigenvalue weighted by Crippen LogP contribution is -2.41. The first-order valence-corrected chi connectivity index (χ1v) is 11.9. The van der Waals surface area contributed by atoms with Gasteiger partial charge < -0.3 is 25.1 Å². The van der Waals surface area contributed by atoms with Crippen molar-refractivity contribution in [2.75, 3.05) is 37.0 Å². The lowest BCUT2D eigenvalue weighted by atomic mass is 9.94. The number of rotatable bonds is 8. The molecule has 0 bridgehead atoms. The third-order valence-electron chi connectivity index (χ3n) is 5.89. The van der Waals surface area contributed by atoms with E-state index in [2.05, 4.69) is 15.7 Å². The van der Waals surface area contributed by atoms with Gasteiger partial charge >= 0.3 is 12.1 Å². The summed E-state index contributed by atoms with van der Waals surface area (Å²) in [5.74, 6) is -1.02. The molecule has 1 aromatic carbocycles. The molecule has 3 heterocycles. The molecule has 12 heteroatoms. The Morgan fingerprint density at radius 3 is 2.78 bits per heavy atom. The van der Waals surface area contributed by atoms with E-state index in [-0.39, 0.29) is 25.5 Å². The number of nitrogens with one attached hydrogen (secondary N) is 2. The summed E-state index contributed by atoms with van der Waals surface area (Å²) >= 11 is 0. The molecule has 0 aliphatic carbocycles. The number of aromatic nitrogens is 2. The number of alkyl halides is 3. The van der Waals surface area contributed by atoms with Crippen LogP contribution in [0.2, 0.25) is 0 Å². The van der Waals surface area contributed by atoms with Crippen LogP contribution in [0.4, 0.5) is 19.1 Å². The van der Waals surface area contributed by atoms with E-state index in [0.29, 0.717) is 29.9 Å². The minimum absolute atomic E-state index is 0.149. The van der Waals surface area contributed by atoms with Gasteiger partial charge in [-0.25, -0.2) is 9.66 Å². The molecule has 0 saturated carbocycles. The van der Waals surface area contributed by atoms with Gasteiger partial charge in [0.2, 0.25) is 11.9 Å². The van der Waals surface area contributed by atoms with Crippen molar-refractivity contribution >= 4 is 17.8 Å². The number of carbonyl (C=O) groups excluding carboxylic acids is 2. The molecule has 4 rings (SSSR count). The summed E-state index contributed by atoms with van der Waals surface area (Å²) in [4.78, 5) is 30.4. The molecule has 1 unspecified atom stereocenters. The first-order valence-electron chi connectivity index (χ1n) is 11.9. The number of carbonyl (C=O) groups is 2. The topological polar surface area (TPSA) is 97.7 Å². The predicted molar refractivity (Wildman–Crippen MR) is 125 cm³/mol. The van der Waals surface area contributed by atoms with E-state index >= 15 is 0 Å². The number of halogens is 3. The number of esters is 1. The Kier molecular flexibility index (Phi) is 7.60. The highest BCUT2D eigenvalue weighted by atomic mass is 19.4. The first-order chi connectivity index (χ1) is 17.1. The molecule has 2 aliphatic heterocycles. The number of benzene rings is 1. The second kappa shape index (κ2) is 10.7. The number of hydrogen-bond donors (Lipinski definition) is 2. The molecule has 36 heavy (non-hydrogen) atoms. The molecular weight excluding hydrogens is 479 g/mol. The Hall–Kier alpha value is -3.44. The quantitative estimate of drug-likeness (QED) is 0.528. The van der Waals surface area contributed by atoms with E-state index in [1.165, 1.54) is 0 Å². The fraction of sp³-hybridized carbons (Fsp3) is 0.542. The van der Waals surface area contributed by atoms with Crippen molar-refractivity contribution in [3.63, 3.8) is 0 Å². The molecule has 0 spiro atoms. The second-order valence-corrected chi connectivity index (χ2v) is 9.24. The summed E-state index contributed by atoms with van der Waals surface area (Å²) in [7, 11) is 0. The van der Waals surface area contributed by atoms with Crippen LogP contribution in [0.15, 0.2) is 24.4 Å². The SMILES string of the molecule is CC(C)OC(=O)CC1Cc2ccc(OCCc3cn4c(n3)NCCN4)cc2CN(CC(F)(F)F)C1=O. The summed E-state index contributed by atoms with van der Waals surface area (Å²) in [6, 6.07) is 5.15. The van der Waals surface area contributed by atoms with Gasteiger partial charge in [-0.1, -0.05) is 6.07 Å². The van der Waals surface area contributed by atoms with Gasteiger partial charge in [0.05, 0.1) is 36.9 Å². The monoisotopic (exact) mass is 509 g/mol. The highest BCUT2D eigenvalue weighted by Gasteiger charge is 2.38. The number of fused-ring (bicyclic) bond motifs is 2. The van der Waals surface area contributed by atoms with Crippen LogP contribution in [0, 0.1) is 5.92 Å². The molecule has 1 atom stereocenters.